The van der Waals surface area contributed by atoms with Gasteiger partial charge in [-0.1, -0.05) is 152 Å². The molecule has 0 unspecified atom stereocenters. The van der Waals surface area contributed by atoms with E-state index >= 15 is 0 Å². The van der Waals surface area contributed by atoms with Gasteiger partial charge in [0.05, 0.1) is 27.9 Å². The summed E-state index contributed by atoms with van der Waals surface area (Å²) in [6.45, 7) is 0. The summed E-state index contributed by atoms with van der Waals surface area (Å²) in [5.41, 5.74) is 14.6. The van der Waals surface area contributed by atoms with Gasteiger partial charge in [0.2, 0.25) is 0 Å². The molecule has 0 fully saturated rings. The largest absolute Gasteiger partial charge is 0.456 e. The molecule has 2 aliphatic rings. The molecule has 0 N–H and O–H groups in total. The number of furan rings is 1. The lowest BCUT2D eigenvalue weighted by atomic mass is 9.68. The molecule has 0 radical (unpaired) electrons. The highest BCUT2D eigenvalue weighted by molar-refractivity contribution is 6.13. The smallest absolute Gasteiger partial charge is 0.172 e. The van der Waals surface area contributed by atoms with Crippen molar-refractivity contribution in [2.24, 2.45) is 0 Å². The second-order valence-corrected chi connectivity index (χ2v) is 16.8. The second kappa shape index (κ2) is 15.2. The Morgan fingerprint density at radius 1 is 0.318 bits per heavy atom. The van der Waals surface area contributed by atoms with E-state index in [-0.39, 0.29) is 0 Å². The van der Waals surface area contributed by atoms with Gasteiger partial charge in [0.15, 0.2) is 23.0 Å². The van der Waals surface area contributed by atoms with Crippen molar-refractivity contribution in [1.29, 1.82) is 0 Å². The molecule has 0 spiro atoms. The first-order valence-corrected chi connectivity index (χ1v) is 22.3. The number of anilines is 6. The van der Waals surface area contributed by atoms with Gasteiger partial charge in [-0.3, -0.25) is 0 Å². The van der Waals surface area contributed by atoms with Gasteiger partial charge in [-0.25, -0.2) is 0 Å². The third-order valence-electron chi connectivity index (χ3n) is 13.2. The summed E-state index contributed by atoms with van der Waals surface area (Å²) in [6, 6.07) is 85.4. The van der Waals surface area contributed by atoms with E-state index in [2.05, 4.69) is 210 Å². The van der Waals surface area contributed by atoms with Crippen molar-refractivity contribution in [3.8, 4) is 34.1 Å². The lowest BCUT2D eigenvalue weighted by Gasteiger charge is -2.34. The third kappa shape index (κ3) is 5.87. The average Bonchev–Trinajstić information content (AvgIpc) is 3.91. The summed E-state index contributed by atoms with van der Waals surface area (Å²) < 4.78 is 19.8. The molecule has 312 valence electrons. The van der Waals surface area contributed by atoms with Crippen LogP contribution in [0.2, 0.25) is 0 Å². The zero-order valence-corrected chi connectivity index (χ0v) is 35.7. The van der Waals surface area contributed by atoms with Gasteiger partial charge in [-0.2, -0.15) is 0 Å². The molecule has 66 heavy (non-hydrogen) atoms. The quantitative estimate of drug-likeness (QED) is 0.152. The minimum Gasteiger partial charge on any atom is -0.456 e. The van der Waals surface area contributed by atoms with E-state index in [1.807, 2.05) is 42.5 Å². The maximum Gasteiger partial charge on any atom is 0.172 e. The summed E-state index contributed by atoms with van der Waals surface area (Å²) >= 11 is 0. The van der Waals surface area contributed by atoms with Crippen LogP contribution in [0.1, 0.15) is 22.3 Å². The van der Waals surface area contributed by atoms with E-state index in [0.29, 0.717) is 23.0 Å². The first-order chi connectivity index (χ1) is 32.7. The van der Waals surface area contributed by atoms with Crippen LogP contribution in [-0.2, 0) is 5.41 Å². The number of ether oxygens (including phenoxy) is 2. The minimum atomic E-state index is -0.478. The maximum atomic E-state index is 6.76. The summed E-state index contributed by atoms with van der Waals surface area (Å²) in [5.74, 6) is 2.56. The summed E-state index contributed by atoms with van der Waals surface area (Å²) in [5, 5.41) is 2.11. The van der Waals surface area contributed by atoms with E-state index in [1.165, 1.54) is 33.4 Å². The molecule has 13 rings (SSSR count). The SMILES string of the molecule is c1ccc(N(c2ccc3c(c2)Oc2ccc(N(c4ccccc4)c4cccc5oc6ccccc6c45)cc2O3)c2ccc3c(c2)-c2ccccc2C3(c2ccccc2)c2ccccc2)cc1. The Morgan fingerprint density at radius 3 is 1.48 bits per heavy atom. The molecule has 0 atom stereocenters. The number of fused-ring (bicyclic) bond motifs is 8. The first-order valence-electron chi connectivity index (χ1n) is 22.3. The maximum absolute atomic E-state index is 6.76. The molecule has 0 saturated carbocycles. The zero-order chi connectivity index (χ0) is 43.6. The number of hydrogen-bond acceptors (Lipinski definition) is 5. The molecule has 5 heteroatoms. The number of rotatable bonds is 8. The van der Waals surface area contributed by atoms with Crippen LogP contribution in [0.5, 0.6) is 23.0 Å². The van der Waals surface area contributed by atoms with Crippen molar-refractivity contribution < 1.29 is 13.9 Å². The minimum absolute atomic E-state index is 0.478. The van der Waals surface area contributed by atoms with Crippen LogP contribution in [0.15, 0.2) is 247 Å². The van der Waals surface area contributed by atoms with Crippen LogP contribution in [0.3, 0.4) is 0 Å². The van der Waals surface area contributed by atoms with Crippen LogP contribution in [-0.4, -0.2) is 0 Å². The molecule has 1 aromatic heterocycles. The number of para-hydroxylation sites is 3. The molecule has 10 aromatic carbocycles. The Hall–Kier alpha value is -8.80. The standard InChI is InChI=1S/C61H40N2O3/c1-5-18-41(19-6-1)61(42-20-7-2-8-21-42)51-28-15-13-26-48(51)50-38-45(32-35-52(50)61)62(43-22-9-3-10-23-43)46-33-36-55-58(39-46)65-56-37-34-47(40-59(56)66-55)63(44-24-11-4-12-25-44)53-29-17-31-57-60(53)49-27-14-16-30-54(49)64-57/h1-40H. The summed E-state index contributed by atoms with van der Waals surface area (Å²) in [4.78, 5) is 4.55. The summed E-state index contributed by atoms with van der Waals surface area (Å²) in [7, 11) is 0. The van der Waals surface area contributed by atoms with Gasteiger partial charge >= 0.3 is 0 Å². The first kappa shape index (κ1) is 37.7. The van der Waals surface area contributed by atoms with E-state index in [9.17, 15) is 0 Å². The fourth-order valence-electron chi connectivity index (χ4n) is 10.4. The molecule has 0 saturated heterocycles. The van der Waals surface area contributed by atoms with Crippen LogP contribution in [0, 0.1) is 0 Å². The van der Waals surface area contributed by atoms with Gasteiger partial charge in [0.25, 0.3) is 0 Å². The highest BCUT2D eigenvalue weighted by Gasteiger charge is 2.46. The second-order valence-electron chi connectivity index (χ2n) is 16.8. The van der Waals surface area contributed by atoms with Crippen LogP contribution in [0.4, 0.5) is 34.1 Å². The molecule has 5 nitrogen and oxygen atoms in total. The monoisotopic (exact) mass is 848 g/mol. The molecule has 2 heterocycles. The summed E-state index contributed by atoms with van der Waals surface area (Å²) in [6.07, 6.45) is 0. The number of nitrogens with zero attached hydrogens (tertiary/aromatic N) is 2. The third-order valence-corrected chi connectivity index (χ3v) is 13.2. The van der Waals surface area contributed by atoms with Crippen LogP contribution >= 0.6 is 0 Å². The fraction of sp³-hybridized carbons (Fsp3) is 0.0164. The van der Waals surface area contributed by atoms with Gasteiger partial charge < -0.3 is 23.7 Å². The Bertz CT molecular complexity index is 3570. The predicted octanol–water partition coefficient (Wildman–Crippen LogP) is 16.8. The van der Waals surface area contributed by atoms with Gasteiger partial charge in [-0.05, 0) is 112 Å². The van der Waals surface area contributed by atoms with Gasteiger partial charge in [0, 0.05) is 34.6 Å². The Balaban J connectivity index is 0.899. The highest BCUT2D eigenvalue weighted by atomic mass is 16.6. The van der Waals surface area contributed by atoms with Crippen molar-refractivity contribution in [1.82, 2.24) is 0 Å². The number of benzene rings is 10. The molecular weight excluding hydrogens is 809 g/mol. The molecule has 0 amide bonds. The van der Waals surface area contributed by atoms with E-state index in [0.717, 1.165) is 56.1 Å². The van der Waals surface area contributed by atoms with Crippen LogP contribution < -0.4 is 19.3 Å². The van der Waals surface area contributed by atoms with Crippen molar-refractivity contribution in [3.05, 3.63) is 265 Å². The van der Waals surface area contributed by atoms with Crippen molar-refractivity contribution in [3.63, 3.8) is 0 Å². The Kier molecular flexibility index (Phi) is 8.68. The van der Waals surface area contributed by atoms with E-state index < -0.39 is 5.41 Å². The van der Waals surface area contributed by atoms with Gasteiger partial charge in [-0.15, -0.1) is 0 Å². The van der Waals surface area contributed by atoms with Crippen molar-refractivity contribution in [2.75, 3.05) is 9.80 Å². The van der Waals surface area contributed by atoms with Crippen LogP contribution in [0.25, 0.3) is 33.1 Å². The van der Waals surface area contributed by atoms with Crippen molar-refractivity contribution >= 4 is 56.1 Å². The zero-order valence-electron chi connectivity index (χ0n) is 35.7. The van der Waals surface area contributed by atoms with E-state index in [4.69, 9.17) is 13.9 Å². The molecular formula is C61H40N2O3. The molecule has 0 bridgehead atoms. The molecule has 11 aromatic rings. The lowest BCUT2D eigenvalue weighted by Crippen LogP contribution is -2.28. The Morgan fingerprint density at radius 2 is 0.818 bits per heavy atom. The molecule has 1 aliphatic carbocycles. The topological polar surface area (TPSA) is 38.1 Å². The van der Waals surface area contributed by atoms with Gasteiger partial charge in [0.1, 0.15) is 11.2 Å². The lowest BCUT2D eigenvalue weighted by molar-refractivity contribution is 0.360. The average molecular weight is 849 g/mol. The Labute approximate surface area is 382 Å². The normalized spacial score (nSPS) is 12.9. The highest BCUT2D eigenvalue weighted by Crippen LogP contribution is 2.58. The fourth-order valence-corrected chi connectivity index (χ4v) is 10.4. The molecule has 1 aliphatic heterocycles. The number of hydrogen-bond donors (Lipinski definition) is 0. The van der Waals surface area contributed by atoms with Crippen molar-refractivity contribution in [2.45, 2.75) is 5.41 Å². The predicted molar refractivity (Wildman–Crippen MR) is 267 cm³/mol. The van der Waals surface area contributed by atoms with E-state index in [1.54, 1.807) is 0 Å².